The molecule has 2 atom stereocenters. The van der Waals surface area contributed by atoms with Gasteiger partial charge in [0.15, 0.2) is 0 Å². The first-order valence-electron chi connectivity index (χ1n) is 12.5. The van der Waals surface area contributed by atoms with E-state index in [1.807, 2.05) is 0 Å². The molecule has 10 heteroatoms. The molecule has 0 heterocycles. The number of carboxylic acid groups (broad SMARTS) is 1. The maximum atomic E-state index is 12.9. The number of nitrogens with two attached hydrogens (primary N) is 1. The summed E-state index contributed by atoms with van der Waals surface area (Å²) in [5, 5.41) is 16.8. The van der Waals surface area contributed by atoms with Gasteiger partial charge in [0.25, 0.3) is 0 Å². The summed E-state index contributed by atoms with van der Waals surface area (Å²) in [6, 6.07) is -2.00. The predicted octanol–water partition coefficient (Wildman–Crippen LogP) is 0.829. The molecule has 0 unspecified atom stereocenters. The van der Waals surface area contributed by atoms with Gasteiger partial charge < -0.3 is 26.8 Å². The quantitative estimate of drug-likeness (QED) is 0.246. The summed E-state index contributed by atoms with van der Waals surface area (Å²) in [6.07, 6.45) is 8.00. The number of hydrogen-bond donors (Lipinski definition) is 5. The van der Waals surface area contributed by atoms with Crippen molar-refractivity contribution in [1.29, 1.82) is 0 Å². The van der Waals surface area contributed by atoms with E-state index in [9.17, 15) is 24.0 Å². The number of carboxylic acids is 1. The first kappa shape index (κ1) is 26.0. The number of carbonyl (C=O) groups is 5. The molecule has 4 rings (SSSR count). The summed E-state index contributed by atoms with van der Waals surface area (Å²) in [4.78, 5) is 59.4. The first-order valence-corrected chi connectivity index (χ1v) is 12.5. The third-order valence-corrected chi connectivity index (χ3v) is 7.71. The number of amides is 4. The van der Waals surface area contributed by atoms with Crippen LogP contribution in [0.2, 0.25) is 0 Å². The summed E-state index contributed by atoms with van der Waals surface area (Å²) < 4.78 is 0. The van der Waals surface area contributed by atoms with E-state index in [0.717, 1.165) is 37.0 Å². The zero-order chi connectivity index (χ0) is 24.9. The van der Waals surface area contributed by atoms with Crippen LogP contribution >= 0.6 is 0 Å². The van der Waals surface area contributed by atoms with Gasteiger partial charge in [-0.1, -0.05) is 0 Å². The molecule has 0 saturated heterocycles. The summed E-state index contributed by atoms with van der Waals surface area (Å²) in [5.41, 5.74) is 5.04. The fourth-order valence-electron chi connectivity index (χ4n) is 6.42. The highest BCUT2D eigenvalue weighted by molar-refractivity contribution is 5.91. The van der Waals surface area contributed by atoms with E-state index in [4.69, 9.17) is 10.8 Å². The van der Waals surface area contributed by atoms with Crippen LogP contribution in [0.15, 0.2) is 0 Å². The Labute approximate surface area is 200 Å². The van der Waals surface area contributed by atoms with Gasteiger partial charge in [-0.2, -0.15) is 0 Å². The SMILES string of the molecule is C[C@@H](NC(=O)CCCCNC(=O)C12CC3CC(CC(C3)C1)C2)C(=O)N[C@@H](CCC(=O)O)C(N)=O. The van der Waals surface area contributed by atoms with Crippen LogP contribution in [0.5, 0.6) is 0 Å². The molecule has 4 aliphatic rings. The molecule has 0 spiro atoms. The van der Waals surface area contributed by atoms with Gasteiger partial charge in [0, 0.05) is 24.8 Å². The summed E-state index contributed by atoms with van der Waals surface area (Å²) in [5.74, 6) is -0.504. The molecule has 34 heavy (non-hydrogen) atoms. The van der Waals surface area contributed by atoms with Crippen molar-refractivity contribution in [3.63, 3.8) is 0 Å². The Hall–Kier alpha value is -2.65. The zero-order valence-corrected chi connectivity index (χ0v) is 19.9. The number of primary amides is 1. The fourth-order valence-corrected chi connectivity index (χ4v) is 6.42. The minimum atomic E-state index is -1.11. The lowest BCUT2D eigenvalue weighted by molar-refractivity contribution is -0.146. The van der Waals surface area contributed by atoms with Crippen molar-refractivity contribution in [2.45, 2.75) is 89.6 Å². The predicted molar refractivity (Wildman–Crippen MR) is 123 cm³/mol. The van der Waals surface area contributed by atoms with E-state index in [0.29, 0.717) is 19.4 Å². The zero-order valence-electron chi connectivity index (χ0n) is 19.9. The summed E-state index contributed by atoms with van der Waals surface area (Å²) in [7, 11) is 0. The van der Waals surface area contributed by atoms with Crippen LogP contribution in [0, 0.1) is 23.2 Å². The molecular weight excluding hydrogens is 440 g/mol. The van der Waals surface area contributed by atoms with Gasteiger partial charge in [-0.25, -0.2) is 0 Å². The van der Waals surface area contributed by atoms with Gasteiger partial charge in [-0.15, -0.1) is 0 Å². The number of rotatable bonds is 13. The lowest BCUT2D eigenvalue weighted by Crippen LogP contribution is -2.53. The molecule has 4 amide bonds. The van der Waals surface area contributed by atoms with Crippen molar-refractivity contribution in [2.24, 2.45) is 28.9 Å². The van der Waals surface area contributed by atoms with Gasteiger partial charge in [0.05, 0.1) is 0 Å². The Morgan fingerprint density at radius 3 is 2.06 bits per heavy atom. The second kappa shape index (κ2) is 11.2. The van der Waals surface area contributed by atoms with Crippen LogP contribution in [0.25, 0.3) is 0 Å². The van der Waals surface area contributed by atoms with Gasteiger partial charge in [0.2, 0.25) is 23.6 Å². The molecule has 0 aromatic rings. The Balaban J connectivity index is 1.31. The average molecular weight is 479 g/mol. The maximum Gasteiger partial charge on any atom is 0.303 e. The fraction of sp³-hybridized carbons (Fsp3) is 0.792. The van der Waals surface area contributed by atoms with Crippen molar-refractivity contribution in [3.05, 3.63) is 0 Å². The average Bonchev–Trinajstić information content (AvgIpc) is 2.74. The molecule has 4 bridgehead atoms. The first-order chi connectivity index (χ1) is 16.1. The van der Waals surface area contributed by atoms with Crippen molar-refractivity contribution >= 4 is 29.6 Å². The van der Waals surface area contributed by atoms with Crippen LogP contribution < -0.4 is 21.7 Å². The number of carbonyl (C=O) groups excluding carboxylic acids is 4. The molecule has 4 fully saturated rings. The Bertz CT molecular complexity index is 778. The van der Waals surface area contributed by atoms with Crippen LogP contribution in [-0.4, -0.2) is 53.3 Å². The molecule has 0 aliphatic heterocycles. The minimum Gasteiger partial charge on any atom is -0.481 e. The van der Waals surface area contributed by atoms with E-state index in [2.05, 4.69) is 16.0 Å². The Morgan fingerprint density at radius 1 is 0.941 bits per heavy atom. The Kier molecular flexibility index (Phi) is 8.54. The number of aliphatic carboxylic acids is 1. The summed E-state index contributed by atoms with van der Waals surface area (Å²) >= 11 is 0. The monoisotopic (exact) mass is 478 g/mol. The third kappa shape index (κ3) is 6.70. The standard InChI is InChI=1S/C24H38N4O6/c1-14(22(33)28-18(21(25)32)5-6-20(30)31)27-19(29)4-2-3-7-26-23(34)24-11-15-8-16(12-24)10-17(9-15)13-24/h14-18H,2-13H2,1H3,(H2,25,32)(H,26,34)(H,27,29)(H,28,33)(H,30,31)/t14-,15?,16?,17?,18+,24?/m1/s1. The van der Waals surface area contributed by atoms with Crippen molar-refractivity contribution in [1.82, 2.24) is 16.0 Å². The maximum absolute atomic E-state index is 12.9. The smallest absolute Gasteiger partial charge is 0.303 e. The molecule has 4 saturated carbocycles. The highest BCUT2D eigenvalue weighted by atomic mass is 16.4. The second-order valence-electron chi connectivity index (χ2n) is 10.6. The van der Waals surface area contributed by atoms with Gasteiger partial charge in [-0.05, 0) is 82.5 Å². The van der Waals surface area contributed by atoms with Crippen LogP contribution in [0.4, 0.5) is 0 Å². The van der Waals surface area contributed by atoms with Crippen molar-refractivity contribution < 1.29 is 29.1 Å². The van der Waals surface area contributed by atoms with Crippen molar-refractivity contribution in [3.8, 4) is 0 Å². The van der Waals surface area contributed by atoms with Crippen LogP contribution in [0.1, 0.15) is 77.6 Å². The minimum absolute atomic E-state index is 0.119. The number of nitrogens with one attached hydrogen (secondary N) is 3. The topological polar surface area (TPSA) is 168 Å². The van der Waals surface area contributed by atoms with Gasteiger partial charge >= 0.3 is 5.97 Å². The van der Waals surface area contributed by atoms with E-state index in [-0.39, 0.29) is 36.5 Å². The van der Waals surface area contributed by atoms with E-state index < -0.39 is 29.9 Å². The van der Waals surface area contributed by atoms with Crippen LogP contribution in [-0.2, 0) is 24.0 Å². The number of unbranched alkanes of at least 4 members (excludes halogenated alkanes) is 1. The highest BCUT2D eigenvalue weighted by Gasteiger charge is 2.54. The van der Waals surface area contributed by atoms with Crippen molar-refractivity contribution in [2.75, 3.05) is 6.54 Å². The highest BCUT2D eigenvalue weighted by Crippen LogP contribution is 2.60. The summed E-state index contributed by atoms with van der Waals surface area (Å²) in [6.45, 7) is 2.02. The third-order valence-electron chi connectivity index (χ3n) is 7.71. The molecule has 10 nitrogen and oxygen atoms in total. The molecule has 0 radical (unpaired) electrons. The Morgan fingerprint density at radius 2 is 1.53 bits per heavy atom. The normalized spacial score (nSPS) is 28.6. The number of hydrogen-bond acceptors (Lipinski definition) is 5. The molecule has 4 aliphatic carbocycles. The molecular formula is C24H38N4O6. The molecule has 190 valence electrons. The van der Waals surface area contributed by atoms with E-state index in [1.54, 1.807) is 0 Å². The lowest BCUT2D eigenvalue weighted by Gasteiger charge is -2.55. The molecule has 0 aromatic heterocycles. The van der Waals surface area contributed by atoms with Crippen LogP contribution in [0.3, 0.4) is 0 Å². The van der Waals surface area contributed by atoms with E-state index >= 15 is 0 Å². The largest absolute Gasteiger partial charge is 0.481 e. The van der Waals surface area contributed by atoms with E-state index in [1.165, 1.54) is 26.2 Å². The van der Waals surface area contributed by atoms with Gasteiger partial charge in [-0.3, -0.25) is 24.0 Å². The molecule has 6 N–H and O–H groups in total. The second-order valence-corrected chi connectivity index (χ2v) is 10.6. The van der Waals surface area contributed by atoms with Gasteiger partial charge in [0.1, 0.15) is 12.1 Å². The lowest BCUT2D eigenvalue weighted by atomic mass is 9.49. The molecule has 0 aromatic carbocycles.